The molecule has 2 heterocycles. The van der Waals surface area contributed by atoms with Crippen LogP contribution in [0.25, 0.3) is 0 Å². The Balaban J connectivity index is 1.46. The number of benzene rings is 1. The molecule has 0 unspecified atom stereocenters. The molecule has 2 amide bonds. The van der Waals surface area contributed by atoms with E-state index in [9.17, 15) is 14.4 Å². The van der Waals surface area contributed by atoms with Gasteiger partial charge in [0, 0.05) is 13.2 Å². The zero-order valence-corrected chi connectivity index (χ0v) is 13.7. The average molecular weight is 348 g/mol. The van der Waals surface area contributed by atoms with Gasteiger partial charge in [-0.3, -0.25) is 19.3 Å². The number of carbonyl (C=O) groups is 3. The van der Waals surface area contributed by atoms with Gasteiger partial charge in [0.15, 0.2) is 13.2 Å². The molecule has 1 N–H and O–H groups in total. The summed E-state index contributed by atoms with van der Waals surface area (Å²) in [6.45, 7) is 0.340. The Bertz CT molecular complexity index is 656. The second kappa shape index (κ2) is 7.98. The van der Waals surface area contributed by atoms with Crippen LogP contribution in [0.3, 0.4) is 0 Å². The van der Waals surface area contributed by atoms with E-state index in [1.54, 1.807) is 24.3 Å². The van der Waals surface area contributed by atoms with Crippen molar-refractivity contribution in [3.05, 3.63) is 24.3 Å². The number of hydrogen-bond acceptors (Lipinski definition) is 6. The van der Waals surface area contributed by atoms with Crippen molar-refractivity contribution in [3.8, 4) is 5.75 Å². The van der Waals surface area contributed by atoms with Gasteiger partial charge in [-0.25, -0.2) is 0 Å². The molecule has 0 bridgehead atoms. The molecule has 0 radical (unpaired) electrons. The number of amides is 2. The van der Waals surface area contributed by atoms with Crippen LogP contribution < -0.4 is 15.0 Å². The van der Waals surface area contributed by atoms with Gasteiger partial charge in [-0.05, 0) is 25.0 Å². The average Bonchev–Trinajstić information content (AvgIpc) is 3.14. The molecule has 0 spiro atoms. The Morgan fingerprint density at radius 1 is 1.32 bits per heavy atom. The monoisotopic (exact) mass is 348 g/mol. The molecule has 1 aromatic rings. The van der Waals surface area contributed by atoms with E-state index < -0.39 is 11.9 Å². The van der Waals surface area contributed by atoms with E-state index in [-0.39, 0.29) is 31.8 Å². The molecule has 3 rings (SSSR count). The third kappa shape index (κ3) is 4.48. The number of rotatable bonds is 6. The molecule has 8 heteroatoms. The molecule has 0 aromatic heterocycles. The van der Waals surface area contributed by atoms with Gasteiger partial charge >= 0.3 is 5.97 Å². The first-order chi connectivity index (χ1) is 12.1. The summed E-state index contributed by atoms with van der Waals surface area (Å²) in [4.78, 5) is 37.0. The van der Waals surface area contributed by atoms with Crippen LogP contribution in [0.15, 0.2) is 24.3 Å². The number of nitrogens with zero attached hydrogens (tertiary/aromatic N) is 1. The number of hydrogen-bond donors (Lipinski definition) is 1. The van der Waals surface area contributed by atoms with Gasteiger partial charge in [0.1, 0.15) is 12.3 Å². The van der Waals surface area contributed by atoms with Gasteiger partial charge in [-0.1, -0.05) is 12.1 Å². The Morgan fingerprint density at radius 3 is 2.96 bits per heavy atom. The lowest BCUT2D eigenvalue weighted by atomic mass is 10.2. The number of para-hydroxylation sites is 2. The van der Waals surface area contributed by atoms with E-state index in [4.69, 9.17) is 14.2 Å². The first-order valence-electron chi connectivity index (χ1n) is 8.19. The van der Waals surface area contributed by atoms with Crippen molar-refractivity contribution in [2.75, 3.05) is 37.8 Å². The topological polar surface area (TPSA) is 94.2 Å². The van der Waals surface area contributed by atoms with E-state index in [1.807, 2.05) is 0 Å². The maximum absolute atomic E-state index is 12.0. The molecule has 1 fully saturated rings. The first kappa shape index (κ1) is 17.2. The molecular weight excluding hydrogens is 328 g/mol. The molecule has 134 valence electrons. The number of ether oxygens (including phenoxy) is 3. The highest BCUT2D eigenvalue weighted by Gasteiger charge is 2.27. The summed E-state index contributed by atoms with van der Waals surface area (Å²) in [6.07, 6.45) is 1.94. The molecule has 25 heavy (non-hydrogen) atoms. The SMILES string of the molecule is O=C(COC(=O)CN1C(=O)COc2ccccc21)NC[C@H]1CCCO1. The highest BCUT2D eigenvalue weighted by molar-refractivity contribution is 6.01. The van der Waals surface area contributed by atoms with E-state index in [2.05, 4.69) is 5.32 Å². The van der Waals surface area contributed by atoms with Gasteiger partial charge in [0.2, 0.25) is 0 Å². The van der Waals surface area contributed by atoms with E-state index in [0.29, 0.717) is 24.6 Å². The Labute approximate surface area is 145 Å². The molecule has 1 atom stereocenters. The summed E-state index contributed by atoms with van der Waals surface area (Å²) < 4.78 is 15.7. The van der Waals surface area contributed by atoms with Gasteiger partial charge in [-0.2, -0.15) is 0 Å². The van der Waals surface area contributed by atoms with Crippen LogP contribution in [0.2, 0.25) is 0 Å². The Morgan fingerprint density at radius 2 is 2.16 bits per heavy atom. The molecular formula is C17H20N2O6. The summed E-state index contributed by atoms with van der Waals surface area (Å²) in [5.41, 5.74) is 0.513. The van der Waals surface area contributed by atoms with Crippen molar-refractivity contribution in [2.24, 2.45) is 0 Å². The van der Waals surface area contributed by atoms with Crippen molar-refractivity contribution in [2.45, 2.75) is 18.9 Å². The lowest BCUT2D eigenvalue weighted by molar-refractivity contribution is -0.147. The lowest BCUT2D eigenvalue weighted by Gasteiger charge is -2.28. The fraction of sp³-hybridized carbons (Fsp3) is 0.471. The quantitative estimate of drug-likeness (QED) is 0.741. The molecule has 8 nitrogen and oxygen atoms in total. The van der Waals surface area contributed by atoms with Crippen LogP contribution in [-0.2, 0) is 23.9 Å². The maximum Gasteiger partial charge on any atom is 0.326 e. The molecule has 2 aliphatic rings. The predicted octanol–water partition coefficient (Wildman–Crippen LogP) is 0.250. The minimum Gasteiger partial charge on any atom is -0.482 e. The normalized spacial score (nSPS) is 19.1. The van der Waals surface area contributed by atoms with Crippen LogP contribution in [0, 0.1) is 0 Å². The van der Waals surface area contributed by atoms with Crippen LogP contribution in [0.1, 0.15) is 12.8 Å². The van der Waals surface area contributed by atoms with E-state index in [1.165, 1.54) is 4.90 Å². The highest BCUT2D eigenvalue weighted by atomic mass is 16.5. The fourth-order valence-corrected chi connectivity index (χ4v) is 2.73. The number of esters is 1. The summed E-state index contributed by atoms with van der Waals surface area (Å²) in [6, 6.07) is 6.94. The van der Waals surface area contributed by atoms with E-state index in [0.717, 1.165) is 12.8 Å². The summed E-state index contributed by atoms with van der Waals surface area (Å²) in [5.74, 6) is -0.849. The number of fused-ring (bicyclic) bond motifs is 1. The van der Waals surface area contributed by atoms with Crippen LogP contribution >= 0.6 is 0 Å². The van der Waals surface area contributed by atoms with Crippen molar-refractivity contribution in [3.63, 3.8) is 0 Å². The summed E-state index contributed by atoms with van der Waals surface area (Å²) in [7, 11) is 0. The molecule has 2 aliphatic heterocycles. The van der Waals surface area contributed by atoms with Crippen LogP contribution in [0.5, 0.6) is 5.75 Å². The smallest absolute Gasteiger partial charge is 0.326 e. The maximum atomic E-state index is 12.0. The molecule has 1 saturated heterocycles. The lowest BCUT2D eigenvalue weighted by Crippen LogP contribution is -2.43. The first-order valence-corrected chi connectivity index (χ1v) is 8.19. The number of carbonyl (C=O) groups excluding carboxylic acids is 3. The summed E-state index contributed by atoms with van der Waals surface area (Å²) in [5, 5.41) is 2.67. The predicted molar refractivity (Wildman–Crippen MR) is 87.2 cm³/mol. The fourth-order valence-electron chi connectivity index (χ4n) is 2.73. The van der Waals surface area contributed by atoms with Crippen molar-refractivity contribution in [1.29, 1.82) is 0 Å². The van der Waals surface area contributed by atoms with Crippen molar-refractivity contribution < 1.29 is 28.6 Å². The van der Waals surface area contributed by atoms with Crippen LogP contribution in [0.4, 0.5) is 5.69 Å². The molecule has 1 aromatic carbocycles. The second-order valence-electron chi connectivity index (χ2n) is 5.84. The van der Waals surface area contributed by atoms with Gasteiger partial charge in [-0.15, -0.1) is 0 Å². The molecule has 0 aliphatic carbocycles. The van der Waals surface area contributed by atoms with Crippen molar-refractivity contribution in [1.82, 2.24) is 5.32 Å². The van der Waals surface area contributed by atoms with Crippen molar-refractivity contribution >= 4 is 23.5 Å². The summed E-state index contributed by atoms with van der Waals surface area (Å²) >= 11 is 0. The van der Waals surface area contributed by atoms with Gasteiger partial charge in [0.05, 0.1) is 11.8 Å². The minimum absolute atomic E-state index is 0.0297. The highest BCUT2D eigenvalue weighted by Crippen LogP contribution is 2.31. The number of nitrogens with one attached hydrogen (secondary N) is 1. The van der Waals surface area contributed by atoms with E-state index >= 15 is 0 Å². The third-order valence-electron chi connectivity index (χ3n) is 4.01. The Hall–Kier alpha value is -2.61. The second-order valence-corrected chi connectivity index (χ2v) is 5.84. The zero-order chi connectivity index (χ0) is 17.6. The number of anilines is 1. The third-order valence-corrected chi connectivity index (χ3v) is 4.01. The standard InChI is InChI=1S/C17H20N2O6/c20-15(18-8-12-4-3-7-23-12)10-25-17(22)9-19-13-5-1-2-6-14(13)24-11-16(19)21/h1-2,5-6,12H,3-4,7-11H2,(H,18,20)/t12-/m1/s1. The van der Waals surface area contributed by atoms with Gasteiger partial charge < -0.3 is 19.5 Å². The largest absolute Gasteiger partial charge is 0.482 e. The Kier molecular flexibility index (Phi) is 5.49. The van der Waals surface area contributed by atoms with Gasteiger partial charge in [0.25, 0.3) is 11.8 Å². The molecule has 0 saturated carbocycles. The van der Waals surface area contributed by atoms with Crippen LogP contribution in [-0.4, -0.2) is 56.8 Å². The zero-order valence-electron chi connectivity index (χ0n) is 13.7. The minimum atomic E-state index is -0.655.